The fourth-order valence-corrected chi connectivity index (χ4v) is 6.76. The number of hydrogen-bond donors (Lipinski definition) is 3. The van der Waals surface area contributed by atoms with Crippen molar-refractivity contribution < 1.29 is 19.4 Å². The molecule has 0 saturated heterocycles. The van der Waals surface area contributed by atoms with Gasteiger partial charge in [-0.15, -0.1) is 0 Å². The van der Waals surface area contributed by atoms with E-state index in [4.69, 9.17) is 21.1 Å². The first-order chi connectivity index (χ1) is 22.5. The zero-order chi connectivity index (χ0) is 33.3. The number of carbonyl (C=O) groups is 1. The van der Waals surface area contributed by atoms with Crippen molar-refractivity contribution in [1.82, 2.24) is 10.3 Å². The SMILES string of the molecule is Cc1cc2[nH]c(=O)c(CCNC(=O)OCC3c4ccccc4-c4ccccc43)cc2c(-c2ccc(Cl)cc2)c1[C@@H](CO)OC(C)(C)C. The molecule has 1 aromatic heterocycles. The number of H-pyrrole nitrogens is 1. The second-order valence-corrected chi connectivity index (χ2v) is 13.4. The monoisotopic (exact) mass is 650 g/mol. The maximum atomic E-state index is 13.2. The number of aliphatic hydroxyl groups excluding tert-OH is 1. The van der Waals surface area contributed by atoms with E-state index in [1.165, 1.54) is 11.1 Å². The number of aromatic nitrogens is 1. The van der Waals surface area contributed by atoms with Gasteiger partial charge >= 0.3 is 6.09 Å². The molecule has 0 bridgehead atoms. The number of hydrogen-bond acceptors (Lipinski definition) is 5. The molecule has 1 aliphatic rings. The van der Waals surface area contributed by atoms with Gasteiger partial charge in [0.15, 0.2) is 0 Å². The fourth-order valence-electron chi connectivity index (χ4n) is 6.64. The predicted molar refractivity (Wildman–Crippen MR) is 187 cm³/mol. The Kier molecular flexibility index (Phi) is 9.24. The van der Waals surface area contributed by atoms with Gasteiger partial charge in [0, 0.05) is 34.0 Å². The van der Waals surface area contributed by atoms with Gasteiger partial charge < -0.3 is 24.9 Å². The predicted octanol–water partition coefficient (Wildman–Crippen LogP) is 8.09. The minimum Gasteiger partial charge on any atom is -0.449 e. The van der Waals surface area contributed by atoms with Crippen LogP contribution in [-0.2, 0) is 15.9 Å². The third kappa shape index (κ3) is 6.84. The molecule has 47 heavy (non-hydrogen) atoms. The smallest absolute Gasteiger partial charge is 0.407 e. The summed E-state index contributed by atoms with van der Waals surface area (Å²) < 4.78 is 12.0. The lowest BCUT2D eigenvalue weighted by atomic mass is 9.88. The van der Waals surface area contributed by atoms with Gasteiger partial charge in [0.2, 0.25) is 0 Å². The zero-order valence-electron chi connectivity index (χ0n) is 27.0. The van der Waals surface area contributed by atoms with Crippen molar-refractivity contribution in [2.75, 3.05) is 19.8 Å². The Bertz CT molecular complexity index is 1950. The van der Waals surface area contributed by atoms with Gasteiger partial charge in [-0.1, -0.05) is 72.3 Å². The van der Waals surface area contributed by atoms with Crippen LogP contribution >= 0.6 is 11.6 Å². The van der Waals surface area contributed by atoms with Gasteiger partial charge in [0.05, 0.1) is 12.2 Å². The number of halogens is 1. The van der Waals surface area contributed by atoms with Gasteiger partial charge in [0.25, 0.3) is 5.56 Å². The molecule has 4 aromatic carbocycles. The molecule has 1 aliphatic carbocycles. The molecule has 0 unspecified atom stereocenters. The Balaban J connectivity index is 1.24. The van der Waals surface area contributed by atoms with E-state index in [9.17, 15) is 14.7 Å². The van der Waals surface area contributed by atoms with Crippen LogP contribution in [0, 0.1) is 6.92 Å². The Hall–Kier alpha value is -4.43. The fraction of sp³-hybridized carbons (Fsp3) is 0.282. The molecule has 1 heterocycles. The summed E-state index contributed by atoms with van der Waals surface area (Å²) in [6.07, 6.45) is -0.842. The molecule has 6 rings (SSSR count). The van der Waals surface area contributed by atoms with Crippen molar-refractivity contribution in [3.8, 4) is 22.3 Å². The molecule has 0 radical (unpaired) electrons. The van der Waals surface area contributed by atoms with Gasteiger partial charge in [-0.05, 0) is 103 Å². The number of aliphatic hydroxyl groups is 1. The summed E-state index contributed by atoms with van der Waals surface area (Å²) in [6.45, 7) is 8.02. The van der Waals surface area contributed by atoms with Crippen molar-refractivity contribution >= 4 is 28.6 Å². The van der Waals surface area contributed by atoms with Crippen molar-refractivity contribution in [2.45, 2.75) is 51.7 Å². The lowest BCUT2D eigenvalue weighted by Gasteiger charge is -2.30. The van der Waals surface area contributed by atoms with Crippen molar-refractivity contribution in [1.29, 1.82) is 0 Å². The standard InChI is InChI=1S/C39H39ClN2O5/c1-23-19-33-31(36(24-13-15-26(40)16-14-24)35(23)34(21-43)47-39(2,3)4)20-25(37(44)42-33)17-18-41-38(45)46-22-32-29-11-7-5-9-27(29)28-10-6-8-12-30(28)32/h5-16,19-20,32,34,43H,17-18,21-22H2,1-4H3,(H,41,45)(H,42,44)/t34-/m1/s1. The first kappa shape index (κ1) is 32.5. The second kappa shape index (κ2) is 13.4. The van der Waals surface area contributed by atoms with Crippen LogP contribution in [0.1, 0.15) is 60.6 Å². The highest BCUT2D eigenvalue weighted by Crippen LogP contribution is 2.44. The number of aromatic amines is 1. The average molecular weight is 651 g/mol. The average Bonchev–Trinajstić information content (AvgIpc) is 3.36. The number of amides is 1. The minimum absolute atomic E-state index is 0.0366. The summed E-state index contributed by atoms with van der Waals surface area (Å²) >= 11 is 6.24. The third-order valence-corrected chi connectivity index (χ3v) is 8.85. The molecule has 3 N–H and O–H groups in total. The van der Waals surface area contributed by atoms with E-state index >= 15 is 0 Å². The summed E-state index contributed by atoms with van der Waals surface area (Å²) in [7, 11) is 0. The Morgan fingerprint density at radius 2 is 1.62 bits per heavy atom. The molecule has 0 aliphatic heterocycles. The van der Waals surface area contributed by atoms with Crippen LogP contribution in [0.2, 0.25) is 5.02 Å². The molecule has 0 spiro atoms. The number of ether oxygens (including phenoxy) is 2. The molecule has 1 amide bonds. The number of benzene rings is 4. The normalized spacial score (nSPS) is 13.3. The van der Waals surface area contributed by atoms with E-state index in [0.29, 0.717) is 22.5 Å². The summed E-state index contributed by atoms with van der Waals surface area (Å²) in [5.74, 6) is -0.0366. The number of pyridine rings is 1. The van der Waals surface area contributed by atoms with Crippen molar-refractivity contribution in [3.05, 3.63) is 128 Å². The molecule has 0 saturated carbocycles. The molecule has 242 valence electrons. The maximum absolute atomic E-state index is 13.2. The van der Waals surface area contributed by atoms with Crippen LogP contribution in [-0.4, -0.2) is 41.5 Å². The van der Waals surface area contributed by atoms with Crippen LogP contribution in [0.4, 0.5) is 4.79 Å². The van der Waals surface area contributed by atoms with E-state index in [0.717, 1.165) is 38.8 Å². The maximum Gasteiger partial charge on any atom is 0.407 e. The molecule has 0 fully saturated rings. The van der Waals surface area contributed by atoms with Crippen LogP contribution in [0.25, 0.3) is 33.2 Å². The minimum atomic E-state index is -0.601. The van der Waals surface area contributed by atoms with Crippen molar-refractivity contribution in [3.63, 3.8) is 0 Å². The van der Waals surface area contributed by atoms with Crippen LogP contribution in [0.3, 0.4) is 0 Å². The number of alkyl carbamates (subject to hydrolysis) is 1. The highest BCUT2D eigenvalue weighted by Gasteiger charge is 2.29. The van der Waals surface area contributed by atoms with Crippen LogP contribution < -0.4 is 10.9 Å². The number of carbonyl (C=O) groups excluding carboxylic acids is 1. The van der Waals surface area contributed by atoms with Gasteiger partial charge in [-0.2, -0.15) is 0 Å². The summed E-state index contributed by atoms with van der Waals surface area (Å²) in [4.78, 5) is 29.1. The van der Waals surface area contributed by atoms with E-state index < -0.39 is 17.8 Å². The Morgan fingerprint density at radius 3 is 2.23 bits per heavy atom. The number of aryl methyl sites for hydroxylation is 1. The van der Waals surface area contributed by atoms with Gasteiger partial charge in [0.1, 0.15) is 12.7 Å². The van der Waals surface area contributed by atoms with Crippen molar-refractivity contribution in [2.24, 2.45) is 0 Å². The highest BCUT2D eigenvalue weighted by atomic mass is 35.5. The largest absolute Gasteiger partial charge is 0.449 e. The lowest BCUT2D eigenvalue weighted by molar-refractivity contribution is -0.0821. The van der Waals surface area contributed by atoms with E-state index in [1.807, 2.05) is 88.4 Å². The van der Waals surface area contributed by atoms with Gasteiger partial charge in [-0.25, -0.2) is 4.79 Å². The van der Waals surface area contributed by atoms with Crippen LogP contribution in [0.5, 0.6) is 0 Å². The molecule has 5 aromatic rings. The quantitative estimate of drug-likeness (QED) is 0.150. The first-order valence-corrected chi connectivity index (χ1v) is 16.2. The Labute approximate surface area is 279 Å². The molecular formula is C39H39ClN2O5. The second-order valence-electron chi connectivity index (χ2n) is 13.0. The van der Waals surface area contributed by atoms with Crippen LogP contribution in [0.15, 0.2) is 89.7 Å². The zero-order valence-corrected chi connectivity index (χ0v) is 27.8. The molecule has 7 nitrogen and oxygen atoms in total. The highest BCUT2D eigenvalue weighted by molar-refractivity contribution is 6.30. The van der Waals surface area contributed by atoms with E-state index in [-0.39, 0.29) is 31.2 Å². The summed E-state index contributed by atoms with van der Waals surface area (Å²) in [5, 5.41) is 14.7. The molecule has 8 heteroatoms. The number of nitrogens with one attached hydrogen (secondary N) is 2. The Morgan fingerprint density at radius 1 is 0.979 bits per heavy atom. The first-order valence-electron chi connectivity index (χ1n) is 15.9. The number of fused-ring (bicyclic) bond motifs is 4. The summed E-state index contributed by atoms with van der Waals surface area (Å²) in [6, 6.07) is 27.7. The van der Waals surface area contributed by atoms with E-state index in [2.05, 4.69) is 34.6 Å². The summed E-state index contributed by atoms with van der Waals surface area (Å²) in [5.41, 5.74) is 8.51. The lowest BCUT2D eigenvalue weighted by Crippen LogP contribution is -2.29. The molecule has 1 atom stereocenters. The molecular weight excluding hydrogens is 612 g/mol. The van der Waals surface area contributed by atoms with Gasteiger partial charge in [-0.3, -0.25) is 4.79 Å². The number of rotatable bonds is 9. The topological polar surface area (TPSA) is 101 Å². The third-order valence-electron chi connectivity index (χ3n) is 8.60. The van der Waals surface area contributed by atoms with E-state index in [1.54, 1.807) is 0 Å².